The maximum Gasteiger partial charge on any atom is 0.338 e. The highest BCUT2D eigenvalue weighted by Gasteiger charge is 2.09. The number of thioether (sulfide) groups is 1. The Morgan fingerprint density at radius 3 is 2.06 bits per heavy atom. The largest absolute Gasteiger partial charge is 0.462 e. The number of nitrogens with one attached hydrogen (secondary N) is 2. The van der Waals surface area contributed by atoms with Gasteiger partial charge in [-0.15, -0.1) is 11.8 Å². The lowest BCUT2D eigenvalue weighted by molar-refractivity contribution is -0.113. The molecule has 3 aromatic rings. The summed E-state index contributed by atoms with van der Waals surface area (Å²) in [5.74, 6) is -1.10. The quantitative estimate of drug-likeness (QED) is 0.219. The zero-order chi connectivity index (χ0) is 24.3. The van der Waals surface area contributed by atoms with Crippen molar-refractivity contribution < 1.29 is 23.5 Å². The van der Waals surface area contributed by atoms with Crippen molar-refractivity contribution in [3.8, 4) is 0 Å². The summed E-state index contributed by atoms with van der Waals surface area (Å²) >= 11 is 1.35. The number of anilines is 2. The van der Waals surface area contributed by atoms with Crippen molar-refractivity contribution >= 4 is 40.9 Å². The summed E-state index contributed by atoms with van der Waals surface area (Å²) in [6, 6.07) is 18.9. The molecule has 176 valence electrons. The Hall–Kier alpha value is -3.65. The molecule has 34 heavy (non-hydrogen) atoms. The fourth-order valence-electron chi connectivity index (χ4n) is 2.87. The Morgan fingerprint density at radius 2 is 1.41 bits per heavy atom. The fourth-order valence-corrected chi connectivity index (χ4v) is 3.57. The van der Waals surface area contributed by atoms with Gasteiger partial charge >= 0.3 is 5.97 Å². The summed E-state index contributed by atoms with van der Waals surface area (Å²) < 4.78 is 18.2. The smallest absolute Gasteiger partial charge is 0.338 e. The van der Waals surface area contributed by atoms with Gasteiger partial charge in [0.2, 0.25) is 5.91 Å². The minimum Gasteiger partial charge on any atom is -0.462 e. The van der Waals surface area contributed by atoms with E-state index in [1.165, 1.54) is 36.0 Å². The highest BCUT2D eigenvalue weighted by molar-refractivity contribution is 8.00. The van der Waals surface area contributed by atoms with Gasteiger partial charge in [0.05, 0.1) is 17.9 Å². The number of benzene rings is 3. The lowest BCUT2D eigenvalue weighted by Gasteiger charge is -2.08. The Bertz CT molecular complexity index is 1120. The maximum absolute atomic E-state index is 13.0. The third-order valence-electron chi connectivity index (χ3n) is 4.72. The van der Waals surface area contributed by atoms with Gasteiger partial charge in [-0.3, -0.25) is 9.59 Å². The average Bonchev–Trinajstić information content (AvgIpc) is 2.84. The fraction of sp³-hybridized carbons (Fsp3) is 0.192. The van der Waals surface area contributed by atoms with Gasteiger partial charge < -0.3 is 15.4 Å². The van der Waals surface area contributed by atoms with Gasteiger partial charge in [-0.05, 0) is 79.2 Å². The molecule has 0 heterocycles. The molecular weight excluding hydrogens is 455 g/mol. The van der Waals surface area contributed by atoms with E-state index >= 15 is 0 Å². The lowest BCUT2D eigenvalue weighted by Crippen LogP contribution is -2.14. The number of ether oxygens (including phenoxy) is 1. The number of hydrogen-bond donors (Lipinski definition) is 2. The van der Waals surface area contributed by atoms with Crippen LogP contribution in [0.4, 0.5) is 15.8 Å². The number of carbonyl (C=O) groups excluding carboxylic acids is 3. The zero-order valence-corrected chi connectivity index (χ0v) is 19.5. The van der Waals surface area contributed by atoms with Crippen LogP contribution < -0.4 is 10.6 Å². The highest BCUT2D eigenvalue weighted by Crippen LogP contribution is 2.21. The van der Waals surface area contributed by atoms with E-state index in [0.29, 0.717) is 29.1 Å². The van der Waals surface area contributed by atoms with E-state index < -0.39 is 5.82 Å². The molecular formula is C26H25FN2O4S. The van der Waals surface area contributed by atoms with Crippen molar-refractivity contribution in [2.75, 3.05) is 23.0 Å². The molecule has 6 nitrogen and oxygen atoms in total. The van der Waals surface area contributed by atoms with Crippen molar-refractivity contribution in [2.45, 2.75) is 24.7 Å². The molecule has 0 aromatic heterocycles. The third-order valence-corrected chi connectivity index (χ3v) is 5.74. The molecule has 0 spiro atoms. The molecule has 0 aliphatic carbocycles. The van der Waals surface area contributed by atoms with Gasteiger partial charge in [-0.2, -0.15) is 0 Å². The van der Waals surface area contributed by atoms with Crippen molar-refractivity contribution in [1.29, 1.82) is 0 Å². The first-order valence-electron chi connectivity index (χ1n) is 10.8. The number of halogens is 1. The Labute approximate surface area is 201 Å². The first kappa shape index (κ1) is 25.0. The van der Waals surface area contributed by atoms with E-state index in [0.717, 1.165) is 17.7 Å². The van der Waals surface area contributed by atoms with E-state index in [1.807, 2.05) is 6.92 Å². The van der Waals surface area contributed by atoms with Gasteiger partial charge in [-0.1, -0.05) is 13.3 Å². The van der Waals surface area contributed by atoms with Crippen LogP contribution in [-0.4, -0.2) is 30.1 Å². The molecule has 0 atom stereocenters. The number of hydrogen-bond acceptors (Lipinski definition) is 5. The molecule has 3 rings (SSSR count). The highest BCUT2D eigenvalue weighted by atomic mass is 32.2. The predicted molar refractivity (Wildman–Crippen MR) is 132 cm³/mol. The SMILES string of the molecule is CCCCOC(=O)c1ccc(NC(=O)CSc2ccc(NC(=O)c3ccc(F)cc3)cc2)cc1. The van der Waals surface area contributed by atoms with E-state index in [9.17, 15) is 18.8 Å². The molecule has 0 saturated carbocycles. The second kappa shape index (κ2) is 12.6. The van der Waals surface area contributed by atoms with Crippen molar-refractivity contribution in [2.24, 2.45) is 0 Å². The Kier molecular flexibility index (Phi) is 9.22. The molecule has 0 bridgehead atoms. The summed E-state index contributed by atoms with van der Waals surface area (Å²) in [7, 11) is 0. The van der Waals surface area contributed by atoms with E-state index in [1.54, 1.807) is 48.5 Å². The maximum atomic E-state index is 13.0. The monoisotopic (exact) mass is 480 g/mol. The summed E-state index contributed by atoms with van der Waals surface area (Å²) in [4.78, 5) is 37.3. The molecule has 0 radical (unpaired) electrons. The average molecular weight is 481 g/mol. The minimum absolute atomic E-state index is 0.183. The minimum atomic E-state index is -0.401. The first-order valence-corrected chi connectivity index (χ1v) is 11.8. The summed E-state index contributed by atoms with van der Waals surface area (Å²) in [5.41, 5.74) is 1.99. The van der Waals surface area contributed by atoms with Crippen LogP contribution in [-0.2, 0) is 9.53 Å². The van der Waals surface area contributed by atoms with Crippen molar-refractivity contribution in [3.05, 3.63) is 89.7 Å². The molecule has 0 aliphatic rings. The summed E-state index contributed by atoms with van der Waals surface area (Å²) in [5, 5.41) is 5.54. The Balaban J connectivity index is 1.44. The number of unbranched alkanes of at least 4 members (excludes halogenated alkanes) is 1. The molecule has 2 N–H and O–H groups in total. The van der Waals surface area contributed by atoms with Crippen LogP contribution in [0.5, 0.6) is 0 Å². The van der Waals surface area contributed by atoms with E-state index in [2.05, 4.69) is 10.6 Å². The van der Waals surface area contributed by atoms with Crippen LogP contribution in [0, 0.1) is 5.82 Å². The molecule has 3 aromatic carbocycles. The molecule has 0 fully saturated rings. The van der Waals surface area contributed by atoms with Gasteiger partial charge in [-0.25, -0.2) is 9.18 Å². The van der Waals surface area contributed by atoms with Gasteiger partial charge in [0, 0.05) is 21.8 Å². The second-order valence-electron chi connectivity index (χ2n) is 7.39. The predicted octanol–water partition coefficient (Wildman–Crippen LogP) is 5.77. The third kappa shape index (κ3) is 7.74. The molecule has 0 unspecified atom stereocenters. The number of amides is 2. The van der Waals surface area contributed by atoms with Gasteiger partial charge in [0.1, 0.15) is 5.82 Å². The van der Waals surface area contributed by atoms with Gasteiger partial charge in [0.25, 0.3) is 5.91 Å². The molecule has 0 aliphatic heterocycles. The number of carbonyl (C=O) groups is 3. The van der Waals surface area contributed by atoms with E-state index in [4.69, 9.17) is 4.74 Å². The van der Waals surface area contributed by atoms with Crippen LogP contribution in [0.15, 0.2) is 77.7 Å². The lowest BCUT2D eigenvalue weighted by atomic mass is 10.2. The summed E-state index contributed by atoms with van der Waals surface area (Å²) in [6.07, 6.45) is 1.78. The van der Waals surface area contributed by atoms with Crippen LogP contribution in [0.3, 0.4) is 0 Å². The van der Waals surface area contributed by atoms with Crippen LogP contribution in [0.2, 0.25) is 0 Å². The van der Waals surface area contributed by atoms with Crippen LogP contribution in [0.1, 0.15) is 40.5 Å². The second-order valence-corrected chi connectivity index (χ2v) is 8.44. The normalized spacial score (nSPS) is 10.4. The molecule has 0 saturated heterocycles. The van der Waals surface area contributed by atoms with Crippen molar-refractivity contribution in [1.82, 2.24) is 0 Å². The molecule has 2 amide bonds. The van der Waals surface area contributed by atoms with Crippen molar-refractivity contribution in [3.63, 3.8) is 0 Å². The summed E-state index contributed by atoms with van der Waals surface area (Å²) in [6.45, 7) is 2.42. The molecule has 8 heteroatoms. The topological polar surface area (TPSA) is 84.5 Å². The van der Waals surface area contributed by atoms with Gasteiger partial charge in [0.15, 0.2) is 0 Å². The van der Waals surface area contributed by atoms with Crippen LogP contribution >= 0.6 is 11.8 Å². The standard InChI is InChI=1S/C26H25FN2O4S/c1-2-3-16-33-26(32)19-6-10-21(11-7-19)28-24(30)17-34-23-14-12-22(13-15-23)29-25(31)18-4-8-20(27)9-5-18/h4-15H,2-3,16-17H2,1H3,(H,28,30)(H,29,31). The number of rotatable bonds is 10. The number of esters is 1. The zero-order valence-electron chi connectivity index (χ0n) is 18.7. The Morgan fingerprint density at radius 1 is 0.824 bits per heavy atom. The first-order chi connectivity index (χ1) is 16.4. The van der Waals surface area contributed by atoms with E-state index in [-0.39, 0.29) is 23.5 Å². The van der Waals surface area contributed by atoms with Crippen LogP contribution in [0.25, 0.3) is 0 Å².